The first-order valence-electron chi connectivity index (χ1n) is 5.53. The maximum Gasteiger partial charge on any atom is 0.333 e. The minimum Gasteiger partial charge on any atom is -0.463 e. The second-order valence-electron chi connectivity index (χ2n) is 3.75. The van der Waals surface area contributed by atoms with E-state index in [-0.39, 0.29) is 5.97 Å². The summed E-state index contributed by atoms with van der Waals surface area (Å²) in [5.41, 5.74) is 0.512. The van der Waals surface area contributed by atoms with Crippen molar-refractivity contribution in [3.05, 3.63) is 47.4 Å². The minimum atomic E-state index is -0.301. The van der Waals surface area contributed by atoms with Crippen molar-refractivity contribution in [3.8, 4) is 0 Å². The van der Waals surface area contributed by atoms with Crippen molar-refractivity contribution in [1.29, 1.82) is 0 Å². The van der Waals surface area contributed by atoms with Crippen LogP contribution in [0.5, 0.6) is 0 Å². The average Bonchev–Trinajstić information content (AvgIpc) is 2.71. The largest absolute Gasteiger partial charge is 0.463 e. The number of benzene rings is 1. The number of ether oxygens (including phenoxy) is 1. The molecule has 1 heterocycles. The molecule has 0 fully saturated rings. The average molecular weight is 246 g/mol. The molecule has 0 saturated carbocycles. The zero-order valence-electron chi connectivity index (χ0n) is 9.73. The predicted molar refractivity (Wildman–Crippen MR) is 71.3 cm³/mol. The molecule has 0 atom stereocenters. The summed E-state index contributed by atoms with van der Waals surface area (Å²) < 4.78 is 6.15. The Bertz CT molecular complexity index is 521. The summed E-state index contributed by atoms with van der Waals surface area (Å²) in [6.45, 7) is 5.96. The van der Waals surface area contributed by atoms with Crippen LogP contribution in [-0.2, 0) is 16.0 Å². The van der Waals surface area contributed by atoms with Gasteiger partial charge in [-0.3, -0.25) is 0 Å². The molecule has 0 N–H and O–H groups in total. The van der Waals surface area contributed by atoms with E-state index in [9.17, 15) is 4.79 Å². The van der Waals surface area contributed by atoms with Gasteiger partial charge >= 0.3 is 5.97 Å². The molecule has 2 aromatic rings. The molecule has 1 aromatic carbocycles. The SMILES string of the molecule is C=C(Cc1cc2ccccc2s1)C(=O)OCC. The zero-order valence-corrected chi connectivity index (χ0v) is 10.5. The fourth-order valence-electron chi connectivity index (χ4n) is 1.64. The van der Waals surface area contributed by atoms with Gasteiger partial charge in [-0.25, -0.2) is 4.79 Å². The smallest absolute Gasteiger partial charge is 0.333 e. The maximum absolute atomic E-state index is 11.4. The van der Waals surface area contributed by atoms with Gasteiger partial charge in [0.2, 0.25) is 0 Å². The van der Waals surface area contributed by atoms with Crippen LogP contribution in [0.3, 0.4) is 0 Å². The van der Waals surface area contributed by atoms with Crippen molar-refractivity contribution < 1.29 is 9.53 Å². The summed E-state index contributed by atoms with van der Waals surface area (Å²) in [6, 6.07) is 10.3. The van der Waals surface area contributed by atoms with Crippen molar-refractivity contribution >= 4 is 27.4 Å². The number of esters is 1. The highest BCUT2D eigenvalue weighted by molar-refractivity contribution is 7.19. The molecule has 0 amide bonds. The van der Waals surface area contributed by atoms with Gasteiger partial charge in [0.05, 0.1) is 6.61 Å². The number of hydrogen-bond donors (Lipinski definition) is 0. The second kappa shape index (κ2) is 5.15. The highest BCUT2D eigenvalue weighted by Crippen LogP contribution is 2.26. The van der Waals surface area contributed by atoms with Crippen LogP contribution in [0.2, 0.25) is 0 Å². The molecule has 1 aromatic heterocycles. The normalized spacial score (nSPS) is 10.4. The first-order chi connectivity index (χ1) is 8.20. The van der Waals surface area contributed by atoms with Gasteiger partial charge in [-0.15, -0.1) is 11.3 Å². The lowest BCUT2D eigenvalue weighted by Gasteiger charge is -2.02. The van der Waals surface area contributed by atoms with Gasteiger partial charge < -0.3 is 4.74 Å². The summed E-state index contributed by atoms with van der Waals surface area (Å²) in [6.07, 6.45) is 0.568. The monoisotopic (exact) mass is 246 g/mol. The van der Waals surface area contributed by atoms with E-state index in [1.54, 1.807) is 18.3 Å². The van der Waals surface area contributed by atoms with Crippen molar-refractivity contribution in [2.24, 2.45) is 0 Å². The Labute approximate surface area is 105 Å². The van der Waals surface area contributed by atoms with E-state index >= 15 is 0 Å². The number of fused-ring (bicyclic) bond motifs is 1. The first kappa shape index (κ1) is 11.9. The maximum atomic E-state index is 11.4. The fraction of sp³-hybridized carbons (Fsp3) is 0.214. The van der Waals surface area contributed by atoms with E-state index in [2.05, 4.69) is 24.8 Å². The topological polar surface area (TPSA) is 26.3 Å². The third kappa shape index (κ3) is 2.74. The first-order valence-corrected chi connectivity index (χ1v) is 6.34. The summed E-state index contributed by atoms with van der Waals surface area (Å²) in [4.78, 5) is 12.6. The molecule has 0 aliphatic carbocycles. The lowest BCUT2D eigenvalue weighted by atomic mass is 10.2. The molecule has 0 spiro atoms. The Hall–Kier alpha value is -1.61. The van der Waals surface area contributed by atoms with Gasteiger partial charge in [-0.05, 0) is 24.4 Å². The van der Waals surface area contributed by atoms with Gasteiger partial charge in [-0.2, -0.15) is 0 Å². The molecule has 0 unspecified atom stereocenters. The van der Waals surface area contributed by atoms with Crippen LogP contribution in [-0.4, -0.2) is 12.6 Å². The molecule has 0 bridgehead atoms. The highest BCUT2D eigenvalue weighted by atomic mass is 32.1. The zero-order chi connectivity index (χ0) is 12.3. The molecule has 88 valence electrons. The molecule has 2 nitrogen and oxygen atoms in total. The van der Waals surface area contributed by atoms with Crippen molar-refractivity contribution in [2.75, 3.05) is 6.61 Å². The lowest BCUT2D eigenvalue weighted by molar-refractivity contribution is -0.138. The Balaban J connectivity index is 2.13. The molecule has 0 aliphatic heterocycles. The van der Waals surface area contributed by atoms with Crippen LogP contribution < -0.4 is 0 Å². The minimum absolute atomic E-state index is 0.301. The van der Waals surface area contributed by atoms with E-state index < -0.39 is 0 Å². The predicted octanol–water partition coefficient (Wildman–Crippen LogP) is 3.56. The van der Waals surface area contributed by atoms with E-state index in [0.717, 1.165) is 4.88 Å². The van der Waals surface area contributed by atoms with Crippen molar-refractivity contribution in [3.63, 3.8) is 0 Å². The Kier molecular flexibility index (Phi) is 3.59. The quantitative estimate of drug-likeness (QED) is 0.609. The Morgan fingerprint density at radius 3 is 2.88 bits per heavy atom. The van der Waals surface area contributed by atoms with Crippen LogP contribution in [0.4, 0.5) is 0 Å². The standard InChI is InChI=1S/C14H14O2S/c1-3-16-14(15)10(2)8-12-9-11-6-4-5-7-13(11)17-12/h4-7,9H,2-3,8H2,1H3. The molecule has 17 heavy (non-hydrogen) atoms. The van der Waals surface area contributed by atoms with E-state index in [0.29, 0.717) is 18.6 Å². The third-order valence-corrected chi connectivity index (χ3v) is 3.54. The fourth-order valence-corrected chi connectivity index (χ4v) is 2.75. The van der Waals surface area contributed by atoms with Crippen LogP contribution in [0.1, 0.15) is 11.8 Å². The van der Waals surface area contributed by atoms with Gasteiger partial charge in [-0.1, -0.05) is 24.8 Å². The number of carbonyl (C=O) groups is 1. The van der Waals surface area contributed by atoms with Gasteiger partial charge in [0.15, 0.2) is 0 Å². The summed E-state index contributed by atoms with van der Waals surface area (Å²) >= 11 is 1.69. The van der Waals surface area contributed by atoms with E-state index in [1.807, 2.05) is 12.1 Å². The third-order valence-electron chi connectivity index (χ3n) is 2.43. The molecule has 0 aliphatic rings. The van der Waals surface area contributed by atoms with E-state index in [4.69, 9.17) is 4.74 Å². The number of carbonyl (C=O) groups excluding carboxylic acids is 1. The molecular formula is C14H14O2S. The lowest BCUT2D eigenvalue weighted by Crippen LogP contribution is -2.08. The summed E-state index contributed by atoms with van der Waals surface area (Å²) in [7, 11) is 0. The molecule has 0 saturated heterocycles. The van der Waals surface area contributed by atoms with Crippen LogP contribution in [0.25, 0.3) is 10.1 Å². The molecular weight excluding hydrogens is 232 g/mol. The number of thiophene rings is 1. The Morgan fingerprint density at radius 1 is 1.41 bits per heavy atom. The van der Waals surface area contributed by atoms with E-state index in [1.165, 1.54) is 10.1 Å². The second-order valence-corrected chi connectivity index (χ2v) is 4.92. The van der Waals surface area contributed by atoms with Crippen LogP contribution >= 0.6 is 11.3 Å². The van der Waals surface area contributed by atoms with Crippen molar-refractivity contribution in [2.45, 2.75) is 13.3 Å². The number of rotatable bonds is 4. The van der Waals surface area contributed by atoms with Crippen molar-refractivity contribution in [1.82, 2.24) is 0 Å². The van der Waals surface area contributed by atoms with Crippen LogP contribution in [0, 0.1) is 0 Å². The molecule has 2 rings (SSSR count). The van der Waals surface area contributed by atoms with Gasteiger partial charge in [0.1, 0.15) is 0 Å². The van der Waals surface area contributed by atoms with Gasteiger partial charge in [0.25, 0.3) is 0 Å². The summed E-state index contributed by atoms with van der Waals surface area (Å²) in [5, 5.41) is 1.21. The molecule has 0 radical (unpaired) electrons. The van der Waals surface area contributed by atoms with Gasteiger partial charge in [0, 0.05) is 21.6 Å². The molecule has 3 heteroatoms. The Morgan fingerprint density at radius 2 is 2.18 bits per heavy atom. The van der Waals surface area contributed by atoms with Crippen LogP contribution in [0.15, 0.2) is 42.5 Å². The summed E-state index contributed by atoms with van der Waals surface area (Å²) in [5.74, 6) is -0.301. The number of hydrogen-bond acceptors (Lipinski definition) is 3. The highest BCUT2D eigenvalue weighted by Gasteiger charge is 2.10.